The van der Waals surface area contributed by atoms with Crippen molar-refractivity contribution in [3.8, 4) is 0 Å². The normalized spacial score (nSPS) is 24.0. The highest BCUT2D eigenvalue weighted by molar-refractivity contribution is 8.13. The van der Waals surface area contributed by atoms with Gasteiger partial charge in [-0.05, 0) is 43.2 Å². The second-order valence-electron chi connectivity index (χ2n) is 4.43. The fourth-order valence-corrected chi connectivity index (χ4v) is 3.49. The van der Waals surface area contributed by atoms with Crippen LogP contribution < -0.4 is 0 Å². The van der Waals surface area contributed by atoms with Gasteiger partial charge in [0.25, 0.3) is 5.91 Å². The molecule has 0 aliphatic carbocycles. The maximum atomic E-state index is 12.4. The third-order valence-electron chi connectivity index (χ3n) is 3.36. The molecule has 0 aromatic heterocycles. The van der Waals surface area contributed by atoms with Crippen molar-refractivity contribution in [2.24, 2.45) is 0 Å². The fourth-order valence-electron chi connectivity index (χ4n) is 2.48. The molecule has 0 bridgehead atoms. The lowest BCUT2D eigenvalue weighted by Crippen LogP contribution is -2.46. The summed E-state index contributed by atoms with van der Waals surface area (Å²) in [4.78, 5) is 27.1. The number of thioether (sulfide) groups is 1. The van der Waals surface area contributed by atoms with Crippen molar-refractivity contribution in [3.05, 3.63) is 29.8 Å². The largest absolute Gasteiger partial charge is 0.328 e. The molecule has 0 N–H and O–H groups in total. The average Bonchev–Trinajstić information content (AvgIpc) is 2.48. The zero-order valence-corrected chi connectivity index (χ0v) is 10.2. The van der Waals surface area contributed by atoms with Gasteiger partial charge in [-0.2, -0.15) is 0 Å². The van der Waals surface area contributed by atoms with E-state index in [2.05, 4.69) is 0 Å². The molecule has 88 valence electrons. The number of carbonyl (C=O) groups is 2. The molecule has 2 aliphatic rings. The Kier molecular flexibility index (Phi) is 2.67. The number of benzene rings is 1. The van der Waals surface area contributed by atoms with Crippen LogP contribution >= 0.6 is 11.8 Å². The van der Waals surface area contributed by atoms with E-state index in [0.29, 0.717) is 12.1 Å². The summed E-state index contributed by atoms with van der Waals surface area (Å²) < 4.78 is 0. The lowest BCUT2D eigenvalue weighted by molar-refractivity contribution is -0.115. The number of hydrogen-bond donors (Lipinski definition) is 0. The van der Waals surface area contributed by atoms with Gasteiger partial charge in [0, 0.05) is 11.4 Å². The zero-order chi connectivity index (χ0) is 11.8. The number of fused-ring (bicyclic) bond motifs is 2. The highest BCUT2D eigenvalue weighted by Crippen LogP contribution is 2.34. The summed E-state index contributed by atoms with van der Waals surface area (Å²) in [5.41, 5.74) is 0.676. The van der Waals surface area contributed by atoms with Crippen LogP contribution in [0.1, 0.15) is 29.6 Å². The molecule has 0 spiro atoms. The second kappa shape index (κ2) is 4.18. The van der Waals surface area contributed by atoms with Gasteiger partial charge in [0.1, 0.15) is 6.04 Å². The molecule has 1 aromatic carbocycles. The molecular weight excluding hydrogens is 234 g/mol. The van der Waals surface area contributed by atoms with E-state index in [0.717, 1.165) is 24.2 Å². The number of amides is 1. The Hall–Kier alpha value is -1.29. The lowest BCUT2D eigenvalue weighted by Gasteiger charge is -2.32. The molecule has 0 saturated carbocycles. The van der Waals surface area contributed by atoms with Crippen LogP contribution in [0.25, 0.3) is 0 Å². The predicted octanol–water partition coefficient (Wildman–Crippen LogP) is 2.31. The molecule has 1 saturated heterocycles. The van der Waals surface area contributed by atoms with E-state index in [9.17, 15) is 9.59 Å². The van der Waals surface area contributed by atoms with Crippen molar-refractivity contribution in [2.45, 2.75) is 30.2 Å². The monoisotopic (exact) mass is 247 g/mol. The average molecular weight is 247 g/mol. The van der Waals surface area contributed by atoms with Gasteiger partial charge in [0.2, 0.25) is 5.12 Å². The molecule has 17 heavy (non-hydrogen) atoms. The fraction of sp³-hybridized carbons (Fsp3) is 0.385. The van der Waals surface area contributed by atoms with Gasteiger partial charge >= 0.3 is 0 Å². The Morgan fingerprint density at radius 3 is 2.88 bits per heavy atom. The van der Waals surface area contributed by atoms with Crippen molar-refractivity contribution in [2.75, 3.05) is 6.54 Å². The topological polar surface area (TPSA) is 37.4 Å². The summed E-state index contributed by atoms with van der Waals surface area (Å²) in [5, 5.41) is 0.114. The van der Waals surface area contributed by atoms with Gasteiger partial charge in [-0.1, -0.05) is 12.1 Å². The van der Waals surface area contributed by atoms with Gasteiger partial charge in [-0.25, -0.2) is 0 Å². The van der Waals surface area contributed by atoms with Crippen molar-refractivity contribution in [1.82, 2.24) is 4.90 Å². The second-order valence-corrected chi connectivity index (χ2v) is 5.47. The Morgan fingerprint density at radius 1 is 1.18 bits per heavy atom. The molecule has 1 amide bonds. The van der Waals surface area contributed by atoms with E-state index < -0.39 is 0 Å². The Bertz CT molecular complexity index is 486. The maximum absolute atomic E-state index is 12.4. The number of hydrogen-bond acceptors (Lipinski definition) is 3. The summed E-state index contributed by atoms with van der Waals surface area (Å²) in [7, 11) is 0. The molecule has 1 fully saturated rings. The van der Waals surface area contributed by atoms with Crippen LogP contribution in [0.4, 0.5) is 0 Å². The first-order valence-electron chi connectivity index (χ1n) is 5.89. The number of carbonyl (C=O) groups excluding carboxylic acids is 2. The minimum atomic E-state index is -0.214. The van der Waals surface area contributed by atoms with Crippen LogP contribution in [0.15, 0.2) is 29.2 Å². The highest BCUT2D eigenvalue weighted by atomic mass is 32.2. The van der Waals surface area contributed by atoms with Crippen LogP contribution in [0.5, 0.6) is 0 Å². The highest BCUT2D eigenvalue weighted by Gasteiger charge is 2.36. The van der Waals surface area contributed by atoms with Crippen LogP contribution in [-0.4, -0.2) is 28.5 Å². The van der Waals surface area contributed by atoms with Gasteiger partial charge in [0.15, 0.2) is 0 Å². The first-order chi connectivity index (χ1) is 8.27. The van der Waals surface area contributed by atoms with Crippen molar-refractivity contribution >= 4 is 22.8 Å². The standard InChI is InChI=1S/C13H13NO2S/c15-12-9-5-1-2-7-11(9)17-13(16)10-6-3-4-8-14(10)12/h1-2,5,7,10H,3-4,6,8H2/t10-/m1/s1. The van der Waals surface area contributed by atoms with Crippen LogP contribution in [0.3, 0.4) is 0 Å². The molecule has 4 heteroatoms. The van der Waals surface area contributed by atoms with Crippen molar-refractivity contribution in [3.63, 3.8) is 0 Å². The molecule has 2 aliphatic heterocycles. The summed E-state index contributed by atoms with van der Waals surface area (Å²) in [6, 6.07) is 7.18. The Labute approximate surface area is 104 Å². The van der Waals surface area contributed by atoms with Gasteiger partial charge in [-0.15, -0.1) is 0 Å². The molecule has 2 heterocycles. The molecule has 0 unspecified atom stereocenters. The van der Waals surface area contributed by atoms with E-state index in [4.69, 9.17) is 0 Å². The lowest BCUT2D eigenvalue weighted by atomic mass is 10.0. The van der Waals surface area contributed by atoms with Crippen LogP contribution in [0, 0.1) is 0 Å². The first kappa shape index (κ1) is 10.8. The van der Waals surface area contributed by atoms with E-state index in [1.54, 1.807) is 4.90 Å². The molecular formula is C13H13NO2S. The predicted molar refractivity (Wildman–Crippen MR) is 66.0 cm³/mol. The van der Waals surface area contributed by atoms with Crippen LogP contribution in [-0.2, 0) is 4.79 Å². The number of piperidine rings is 1. The van der Waals surface area contributed by atoms with Gasteiger partial charge in [-0.3, -0.25) is 9.59 Å². The SMILES string of the molecule is O=C1Sc2ccccc2C(=O)N2CCCC[C@H]12. The Balaban J connectivity index is 2.07. The van der Waals surface area contributed by atoms with Crippen molar-refractivity contribution < 1.29 is 9.59 Å². The number of rotatable bonds is 0. The smallest absolute Gasteiger partial charge is 0.255 e. The van der Waals surface area contributed by atoms with Crippen LogP contribution in [0.2, 0.25) is 0 Å². The van der Waals surface area contributed by atoms with E-state index in [1.165, 1.54) is 11.8 Å². The van der Waals surface area contributed by atoms with E-state index >= 15 is 0 Å². The first-order valence-corrected chi connectivity index (χ1v) is 6.71. The molecule has 3 nitrogen and oxygen atoms in total. The molecule has 0 radical (unpaired) electrons. The zero-order valence-electron chi connectivity index (χ0n) is 9.39. The molecule has 1 aromatic rings. The third-order valence-corrected chi connectivity index (χ3v) is 4.41. The Morgan fingerprint density at radius 2 is 2.00 bits per heavy atom. The summed E-state index contributed by atoms with van der Waals surface area (Å²) in [6.45, 7) is 0.712. The quantitative estimate of drug-likeness (QED) is 0.706. The van der Waals surface area contributed by atoms with Gasteiger partial charge in [0.05, 0.1) is 5.56 Å². The molecule has 1 atom stereocenters. The minimum absolute atomic E-state index is 0.0173. The summed E-state index contributed by atoms with van der Waals surface area (Å²) >= 11 is 1.22. The minimum Gasteiger partial charge on any atom is -0.328 e. The summed E-state index contributed by atoms with van der Waals surface area (Å²) in [5.74, 6) is 0.0173. The third kappa shape index (κ3) is 1.76. The number of nitrogens with zero attached hydrogens (tertiary/aromatic N) is 1. The van der Waals surface area contributed by atoms with E-state index in [-0.39, 0.29) is 17.1 Å². The summed E-state index contributed by atoms with van der Waals surface area (Å²) in [6.07, 6.45) is 2.85. The van der Waals surface area contributed by atoms with E-state index in [1.807, 2.05) is 24.3 Å². The molecule has 3 rings (SSSR count). The van der Waals surface area contributed by atoms with Gasteiger partial charge < -0.3 is 4.90 Å². The van der Waals surface area contributed by atoms with Crippen molar-refractivity contribution in [1.29, 1.82) is 0 Å². The maximum Gasteiger partial charge on any atom is 0.255 e.